The van der Waals surface area contributed by atoms with Crippen LogP contribution in [0.25, 0.3) is 0 Å². The van der Waals surface area contributed by atoms with E-state index in [1.54, 1.807) is 6.07 Å². The lowest BCUT2D eigenvalue weighted by atomic mass is 9.99. The van der Waals surface area contributed by atoms with Crippen molar-refractivity contribution < 1.29 is 8.78 Å². The van der Waals surface area contributed by atoms with Crippen LogP contribution in [0.3, 0.4) is 0 Å². The normalized spacial score (nSPS) is 12.5. The maximum absolute atomic E-state index is 14.1. The van der Waals surface area contributed by atoms with Crippen LogP contribution in [0.1, 0.15) is 17.2 Å². The maximum atomic E-state index is 14.1. The van der Waals surface area contributed by atoms with Gasteiger partial charge in [-0.15, -0.1) is 0 Å². The number of rotatable bonds is 3. The molecule has 0 saturated heterocycles. The first-order chi connectivity index (χ1) is 9.04. The second-order valence-corrected chi connectivity index (χ2v) is 5.01. The molecule has 0 bridgehead atoms. The summed E-state index contributed by atoms with van der Waals surface area (Å²) in [6, 6.07) is 4.66. The highest BCUT2D eigenvalue weighted by Crippen LogP contribution is 2.30. The topological polar surface area (TPSA) is 50.9 Å². The van der Waals surface area contributed by atoms with Gasteiger partial charge in [-0.05, 0) is 45.8 Å². The predicted octanol–water partition coefficient (Wildman–Crippen LogP) is 3.33. The van der Waals surface area contributed by atoms with Gasteiger partial charge in [0.2, 0.25) is 0 Å². The minimum Gasteiger partial charge on any atom is -0.271 e. The Kier molecular flexibility index (Phi) is 4.46. The average molecular weight is 349 g/mol. The van der Waals surface area contributed by atoms with Gasteiger partial charge >= 0.3 is 0 Å². The molecule has 2 aromatic rings. The van der Waals surface area contributed by atoms with E-state index in [1.165, 1.54) is 18.3 Å². The summed E-state index contributed by atoms with van der Waals surface area (Å²) >= 11 is 8.78. The summed E-state index contributed by atoms with van der Waals surface area (Å²) in [7, 11) is 0. The molecule has 1 heterocycles. The molecule has 0 amide bonds. The Balaban J connectivity index is 2.57. The molecule has 100 valence electrons. The van der Waals surface area contributed by atoms with Crippen LogP contribution in [0.2, 0.25) is 5.15 Å². The van der Waals surface area contributed by atoms with Crippen LogP contribution in [0.5, 0.6) is 0 Å². The van der Waals surface area contributed by atoms with Gasteiger partial charge in [0.25, 0.3) is 0 Å². The third-order valence-electron chi connectivity index (χ3n) is 2.62. The quantitative estimate of drug-likeness (QED) is 0.387. The number of nitrogens with one attached hydrogen (secondary N) is 1. The minimum absolute atomic E-state index is 0.157. The summed E-state index contributed by atoms with van der Waals surface area (Å²) in [5.41, 5.74) is 2.71. The van der Waals surface area contributed by atoms with Gasteiger partial charge in [-0.3, -0.25) is 5.84 Å². The molecule has 3 nitrogen and oxygen atoms in total. The summed E-state index contributed by atoms with van der Waals surface area (Å²) in [6.45, 7) is 0. The van der Waals surface area contributed by atoms with Gasteiger partial charge in [-0.25, -0.2) is 19.2 Å². The van der Waals surface area contributed by atoms with Gasteiger partial charge in [-0.2, -0.15) is 0 Å². The molecule has 1 aromatic heterocycles. The zero-order chi connectivity index (χ0) is 14.0. The maximum Gasteiger partial charge on any atom is 0.145 e. The third kappa shape index (κ3) is 2.92. The summed E-state index contributed by atoms with van der Waals surface area (Å²) in [6.07, 6.45) is 1.44. The molecule has 2 rings (SSSR count). The van der Waals surface area contributed by atoms with Gasteiger partial charge < -0.3 is 0 Å². The minimum atomic E-state index is -0.863. The average Bonchev–Trinajstić information content (AvgIpc) is 2.39. The SMILES string of the molecule is NNC(c1ccnc(Cl)c1)c1c(F)ccc(Br)c1F. The summed E-state index contributed by atoms with van der Waals surface area (Å²) in [5.74, 6) is 4.00. The van der Waals surface area contributed by atoms with Gasteiger partial charge in [0.1, 0.15) is 16.8 Å². The summed E-state index contributed by atoms with van der Waals surface area (Å²) in [5, 5.41) is 0.216. The van der Waals surface area contributed by atoms with E-state index in [1.807, 2.05) is 0 Å². The number of nitrogens with zero attached hydrogens (tertiary/aromatic N) is 1. The Morgan fingerprint density at radius 2 is 2.05 bits per heavy atom. The van der Waals surface area contributed by atoms with Crippen LogP contribution in [0.15, 0.2) is 34.9 Å². The smallest absolute Gasteiger partial charge is 0.145 e. The van der Waals surface area contributed by atoms with Crippen LogP contribution in [0.4, 0.5) is 8.78 Å². The van der Waals surface area contributed by atoms with Crippen molar-refractivity contribution in [3.8, 4) is 0 Å². The monoisotopic (exact) mass is 347 g/mol. The van der Waals surface area contributed by atoms with Gasteiger partial charge in [0.15, 0.2) is 0 Å². The zero-order valence-corrected chi connectivity index (χ0v) is 11.8. The van der Waals surface area contributed by atoms with E-state index in [-0.39, 0.29) is 15.2 Å². The van der Waals surface area contributed by atoms with E-state index >= 15 is 0 Å². The first-order valence-corrected chi connectivity index (χ1v) is 6.42. The molecule has 0 spiro atoms. The zero-order valence-electron chi connectivity index (χ0n) is 9.50. The molecular formula is C12H9BrClF2N3. The van der Waals surface area contributed by atoms with E-state index in [0.717, 1.165) is 6.07 Å². The first kappa shape index (κ1) is 14.3. The molecule has 0 aliphatic carbocycles. The molecule has 1 aromatic carbocycles. The molecular weight excluding hydrogens is 340 g/mol. The van der Waals surface area contributed by atoms with Crippen molar-refractivity contribution in [2.24, 2.45) is 5.84 Å². The number of aromatic nitrogens is 1. The second-order valence-electron chi connectivity index (χ2n) is 3.77. The van der Waals surface area contributed by atoms with Crippen molar-refractivity contribution in [2.45, 2.75) is 6.04 Å². The molecule has 0 radical (unpaired) electrons. The Morgan fingerprint density at radius 3 is 2.68 bits per heavy atom. The Labute approximate surface area is 121 Å². The Bertz CT molecular complexity index is 610. The molecule has 1 atom stereocenters. The highest BCUT2D eigenvalue weighted by atomic mass is 79.9. The largest absolute Gasteiger partial charge is 0.271 e. The highest BCUT2D eigenvalue weighted by Gasteiger charge is 2.23. The summed E-state index contributed by atoms with van der Waals surface area (Å²) < 4.78 is 28.1. The standard InChI is InChI=1S/C12H9BrClF2N3/c13-7-1-2-8(15)10(11(7)16)12(19-17)6-3-4-18-9(14)5-6/h1-5,12,19H,17H2. The molecule has 7 heteroatoms. The fourth-order valence-corrected chi connectivity index (χ4v) is 2.28. The number of hydrogen-bond donors (Lipinski definition) is 2. The van der Waals surface area contributed by atoms with Crippen molar-refractivity contribution in [3.63, 3.8) is 0 Å². The Hall–Kier alpha value is -1.08. The van der Waals surface area contributed by atoms with Crippen molar-refractivity contribution in [3.05, 3.63) is 62.8 Å². The molecule has 0 aliphatic heterocycles. The molecule has 19 heavy (non-hydrogen) atoms. The number of halogens is 4. The second kappa shape index (κ2) is 5.92. The molecule has 0 aliphatic rings. The number of hydrogen-bond acceptors (Lipinski definition) is 3. The number of nitrogens with two attached hydrogens (primary N) is 1. The molecule has 1 unspecified atom stereocenters. The number of pyridine rings is 1. The highest BCUT2D eigenvalue weighted by molar-refractivity contribution is 9.10. The van der Waals surface area contributed by atoms with E-state index in [2.05, 4.69) is 26.3 Å². The number of benzene rings is 1. The van der Waals surface area contributed by atoms with Crippen LogP contribution in [-0.4, -0.2) is 4.98 Å². The van der Waals surface area contributed by atoms with Crippen molar-refractivity contribution in [1.82, 2.24) is 10.4 Å². The molecule has 0 fully saturated rings. The van der Waals surface area contributed by atoms with E-state index in [4.69, 9.17) is 17.4 Å². The fourth-order valence-electron chi connectivity index (χ4n) is 1.75. The van der Waals surface area contributed by atoms with E-state index in [0.29, 0.717) is 5.56 Å². The lowest BCUT2D eigenvalue weighted by Crippen LogP contribution is -2.30. The van der Waals surface area contributed by atoms with Crippen LogP contribution < -0.4 is 11.3 Å². The predicted molar refractivity (Wildman–Crippen MR) is 72.5 cm³/mol. The third-order valence-corrected chi connectivity index (χ3v) is 3.44. The van der Waals surface area contributed by atoms with Crippen molar-refractivity contribution in [2.75, 3.05) is 0 Å². The van der Waals surface area contributed by atoms with Crippen LogP contribution in [-0.2, 0) is 0 Å². The molecule has 0 saturated carbocycles. The van der Waals surface area contributed by atoms with Gasteiger partial charge in [-0.1, -0.05) is 11.6 Å². The number of hydrazine groups is 1. The van der Waals surface area contributed by atoms with Crippen LogP contribution >= 0.6 is 27.5 Å². The molecule has 3 N–H and O–H groups in total. The summed E-state index contributed by atoms with van der Waals surface area (Å²) in [4.78, 5) is 3.81. The van der Waals surface area contributed by atoms with Crippen LogP contribution in [0, 0.1) is 11.6 Å². The van der Waals surface area contributed by atoms with Gasteiger partial charge in [0.05, 0.1) is 10.5 Å². The van der Waals surface area contributed by atoms with Crippen molar-refractivity contribution in [1.29, 1.82) is 0 Å². The van der Waals surface area contributed by atoms with E-state index < -0.39 is 17.7 Å². The lowest BCUT2D eigenvalue weighted by molar-refractivity contribution is 0.507. The fraction of sp³-hybridized carbons (Fsp3) is 0.0833. The first-order valence-electron chi connectivity index (χ1n) is 5.25. The lowest BCUT2D eigenvalue weighted by Gasteiger charge is -2.18. The van der Waals surface area contributed by atoms with E-state index in [9.17, 15) is 8.78 Å². The Morgan fingerprint density at radius 1 is 1.32 bits per heavy atom. The van der Waals surface area contributed by atoms with Crippen molar-refractivity contribution >= 4 is 27.5 Å². The van der Waals surface area contributed by atoms with Gasteiger partial charge in [0, 0.05) is 11.8 Å².